The van der Waals surface area contributed by atoms with Crippen LogP contribution in [0.2, 0.25) is 0 Å². The Labute approximate surface area is 159 Å². The number of hydrogen-bond acceptors (Lipinski definition) is 7. The number of anilines is 2. The summed E-state index contributed by atoms with van der Waals surface area (Å²) in [5.74, 6) is 0.318. The van der Waals surface area contributed by atoms with Crippen LogP contribution in [-0.2, 0) is 4.74 Å². The van der Waals surface area contributed by atoms with Gasteiger partial charge in [0.15, 0.2) is 5.65 Å². The molecule has 3 unspecified atom stereocenters. The fourth-order valence-electron chi connectivity index (χ4n) is 3.74. The summed E-state index contributed by atoms with van der Waals surface area (Å²) in [6, 6.07) is -0.405. The molecule has 0 aromatic carbocycles. The lowest BCUT2D eigenvalue weighted by Gasteiger charge is -2.26. The van der Waals surface area contributed by atoms with Crippen molar-refractivity contribution in [3.8, 4) is 11.3 Å². The van der Waals surface area contributed by atoms with Gasteiger partial charge in [0.1, 0.15) is 30.1 Å². The van der Waals surface area contributed by atoms with E-state index >= 15 is 0 Å². The summed E-state index contributed by atoms with van der Waals surface area (Å²) in [7, 11) is 0. The Bertz CT molecular complexity index is 962. The topological polar surface area (TPSA) is 96.3 Å². The Kier molecular flexibility index (Phi) is 4.30. The van der Waals surface area contributed by atoms with Crippen LogP contribution in [0.15, 0.2) is 18.7 Å². The van der Waals surface area contributed by atoms with Gasteiger partial charge < -0.3 is 15.0 Å². The second kappa shape index (κ2) is 6.97. The molecule has 2 saturated heterocycles. The summed E-state index contributed by atoms with van der Waals surface area (Å²) in [5.41, 5.74) is 2.69. The summed E-state index contributed by atoms with van der Waals surface area (Å²) < 4.78 is 34.7. The zero-order valence-corrected chi connectivity index (χ0v) is 15.1. The maximum Gasteiger partial charge on any atom is 0.243 e. The van der Waals surface area contributed by atoms with E-state index in [1.165, 1.54) is 0 Å². The molecule has 3 aromatic heterocycles. The SMILES string of the molecule is FC1CCN(c2c(-c3cn[nH]c3)ncn3nc(NC4CCOCC4F)nc23)C1. The largest absolute Gasteiger partial charge is 0.378 e. The zero-order chi connectivity index (χ0) is 19.1. The number of H-pyrrole nitrogens is 1. The average Bonchev–Trinajstić information content (AvgIpc) is 3.43. The monoisotopic (exact) mass is 390 g/mol. The average molecular weight is 390 g/mol. The number of halogens is 2. The second-order valence-electron chi connectivity index (χ2n) is 7.09. The van der Waals surface area contributed by atoms with Gasteiger partial charge in [0, 0.05) is 31.5 Å². The minimum Gasteiger partial charge on any atom is -0.378 e. The molecule has 11 heteroatoms. The summed E-state index contributed by atoms with van der Waals surface area (Å²) in [6.45, 7) is 1.40. The van der Waals surface area contributed by atoms with Crippen molar-refractivity contribution in [1.29, 1.82) is 0 Å². The number of alkyl halides is 2. The van der Waals surface area contributed by atoms with Crippen LogP contribution < -0.4 is 10.2 Å². The number of nitrogens with zero attached hydrogens (tertiary/aromatic N) is 6. The molecule has 3 aromatic rings. The van der Waals surface area contributed by atoms with Gasteiger partial charge in [0.05, 0.1) is 18.8 Å². The molecule has 2 aliphatic heterocycles. The maximum atomic E-state index is 14.1. The van der Waals surface area contributed by atoms with Gasteiger partial charge in [-0.1, -0.05) is 0 Å². The summed E-state index contributed by atoms with van der Waals surface area (Å²) in [5, 5.41) is 14.2. The van der Waals surface area contributed by atoms with Crippen LogP contribution in [0.1, 0.15) is 12.8 Å². The van der Waals surface area contributed by atoms with E-state index in [0.29, 0.717) is 49.0 Å². The van der Waals surface area contributed by atoms with Crippen LogP contribution in [0.3, 0.4) is 0 Å². The first-order valence-corrected chi connectivity index (χ1v) is 9.31. The van der Waals surface area contributed by atoms with Crippen LogP contribution in [-0.4, -0.2) is 74.5 Å². The molecule has 148 valence electrons. The van der Waals surface area contributed by atoms with E-state index in [1.807, 2.05) is 4.90 Å². The predicted molar refractivity (Wildman–Crippen MR) is 97.8 cm³/mol. The minimum absolute atomic E-state index is 0.0636. The van der Waals surface area contributed by atoms with Crippen molar-refractivity contribution in [2.75, 3.05) is 36.5 Å². The smallest absolute Gasteiger partial charge is 0.243 e. The Morgan fingerprint density at radius 2 is 2.21 bits per heavy atom. The van der Waals surface area contributed by atoms with E-state index in [9.17, 15) is 8.78 Å². The van der Waals surface area contributed by atoms with Gasteiger partial charge in [-0.25, -0.2) is 13.8 Å². The number of nitrogens with one attached hydrogen (secondary N) is 2. The summed E-state index contributed by atoms with van der Waals surface area (Å²) in [4.78, 5) is 11.0. The van der Waals surface area contributed by atoms with Crippen molar-refractivity contribution in [3.63, 3.8) is 0 Å². The molecule has 5 heterocycles. The molecule has 0 saturated carbocycles. The van der Waals surface area contributed by atoms with Crippen LogP contribution in [0.5, 0.6) is 0 Å². The van der Waals surface area contributed by atoms with Crippen molar-refractivity contribution >= 4 is 17.3 Å². The predicted octanol–water partition coefficient (Wildman–Crippen LogP) is 1.60. The molecule has 0 aliphatic carbocycles. The van der Waals surface area contributed by atoms with Crippen LogP contribution >= 0.6 is 0 Å². The maximum absolute atomic E-state index is 14.1. The van der Waals surface area contributed by atoms with Crippen molar-refractivity contribution in [1.82, 2.24) is 29.8 Å². The van der Waals surface area contributed by atoms with Crippen molar-refractivity contribution < 1.29 is 13.5 Å². The lowest BCUT2D eigenvalue weighted by atomic mass is 10.1. The third kappa shape index (κ3) is 3.05. The molecule has 0 bridgehead atoms. The molecule has 2 N–H and O–H groups in total. The second-order valence-corrected chi connectivity index (χ2v) is 7.09. The Morgan fingerprint density at radius 1 is 1.29 bits per heavy atom. The highest BCUT2D eigenvalue weighted by Gasteiger charge is 2.30. The lowest BCUT2D eigenvalue weighted by molar-refractivity contribution is 0.0284. The quantitative estimate of drug-likeness (QED) is 0.699. The number of aromatic amines is 1. The first-order chi connectivity index (χ1) is 13.7. The fourth-order valence-corrected chi connectivity index (χ4v) is 3.74. The number of ether oxygens (including phenoxy) is 1. The van der Waals surface area contributed by atoms with Gasteiger partial charge in [0.25, 0.3) is 0 Å². The number of fused-ring (bicyclic) bond motifs is 1. The zero-order valence-electron chi connectivity index (χ0n) is 15.1. The standard InChI is InChI=1S/C17H20F2N8O/c18-11-1-3-26(7-11)15-14(10-5-21-22-6-10)20-9-27-16(15)24-17(25-27)23-13-2-4-28-8-12(13)19/h5-6,9,11-13H,1-4,7-8H2,(H,21,22)(H,23,25). The van der Waals surface area contributed by atoms with Gasteiger partial charge in [-0.3, -0.25) is 5.10 Å². The Balaban J connectivity index is 1.56. The molecular formula is C17H20F2N8O. The van der Waals surface area contributed by atoms with E-state index in [2.05, 4.69) is 30.6 Å². The first kappa shape index (κ1) is 17.3. The van der Waals surface area contributed by atoms with Gasteiger partial charge in [-0.15, -0.1) is 5.10 Å². The lowest BCUT2D eigenvalue weighted by Crippen LogP contribution is -2.39. The van der Waals surface area contributed by atoms with Crippen LogP contribution in [0, 0.1) is 0 Å². The van der Waals surface area contributed by atoms with E-state index in [0.717, 1.165) is 5.56 Å². The number of rotatable bonds is 4. The van der Waals surface area contributed by atoms with Crippen molar-refractivity contribution in [2.45, 2.75) is 31.2 Å². The van der Waals surface area contributed by atoms with Gasteiger partial charge >= 0.3 is 0 Å². The third-order valence-corrected chi connectivity index (χ3v) is 5.18. The van der Waals surface area contributed by atoms with Gasteiger partial charge in [-0.05, 0) is 12.8 Å². The highest BCUT2D eigenvalue weighted by molar-refractivity contribution is 5.85. The molecule has 9 nitrogen and oxygen atoms in total. The van der Waals surface area contributed by atoms with E-state index < -0.39 is 18.4 Å². The summed E-state index contributed by atoms with van der Waals surface area (Å²) in [6.07, 6.45) is 3.93. The van der Waals surface area contributed by atoms with Crippen LogP contribution in [0.4, 0.5) is 20.4 Å². The molecule has 3 atom stereocenters. The highest BCUT2D eigenvalue weighted by atomic mass is 19.1. The highest BCUT2D eigenvalue weighted by Crippen LogP contribution is 2.34. The molecule has 2 aliphatic rings. The Morgan fingerprint density at radius 3 is 2.96 bits per heavy atom. The van der Waals surface area contributed by atoms with Crippen molar-refractivity contribution in [2.24, 2.45) is 0 Å². The van der Waals surface area contributed by atoms with E-state index in [4.69, 9.17) is 4.74 Å². The van der Waals surface area contributed by atoms with E-state index in [1.54, 1.807) is 23.2 Å². The number of aromatic nitrogens is 6. The molecule has 0 radical (unpaired) electrons. The fraction of sp³-hybridized carbons (Fsp3) is 0.529. The van der Waals surface area contributed by atoms with E-state index in [-0.39, 0.29) is 13.2 Å². The molecule has 2 fully saturated rings. The molecular weight excluding hydrogens is 370 g/mol. The normalized spacial score (nSPS) is 25.5. The molecule has 28 heavy (non-hydrogen) atoms. The van der Waals surface area contributed by atoms with Crippen LogP contribution in [0.25, 0.3) is 16.9 Å². The van der Waals surface area contributed by atoms with Gasteiger partial charge in [-0.2, -0.15) is 14.6 Å². The minimum atomic E-state index is -1.12. The molecule has 0 spiro atoms. The summed E-state index contributed by atoms with van der Waals surface area (Å²) >= 11 is 0. The Hall–Kier alpha value is -2.82. The molecule has 0 amide bonds. The molecule has 5 rings (SSSR count). The first-order valence-electron chi connectivity index (χ1n) is 9.31. The third-order valence-electron chi connectivity index (χ3n) is 5.18. The van der Waals surface area contributed by atoms with Gasteiger partial charge in [0.2, 0.25) is 5.95 Å². The van der Waals surface area contributed by atoms with Crippen molar-refractivity contribution in [3.05, 3.63) is 18.7 Å². The number of hydrogen-bond donors (Lipinski definition) is 2.